The topological polar surface area (TPSA) is 77.0 Å². The molecular weight excluding hydrogens is 412 g/mol. The normalized spacial score (nSPS) is 12.5. The molecule has 0 radical (unpaired) electrons. The molecule has 0 saturated heterocycles. The van der Waals surface area contributed by atoms with Crippen LogP contribution < -0.4 is 10.2 Å². The van der Waals surface area contributed by atoms with Crippen LogP contribution in [0.3, 0.4) is 0 Å². The molecule has 1 atom stereocenters. The maximum atomic E-state index is 12.0. The van der Waals surface area contributed by atoms with Crippen molar-refractivity contribution < 1.29 is 19.1 Å². The minimum Gasteiger partial charge on any atom is -0.483 e. The number of nitrogens with one attached hydrogen (secondary N) is 1. The summed E-state index contributed by atoms with van der Waals surface area (Å²) in [7, 11) is 0. The average molecular weight is 435 g/mol. The van der Waals surface area contributed by atoms with E-state index in [2.05, 4.69) is 26.5 Å². The minimum atomic E-state index is -0.471. The van der Waals surface area contributed by atoms with Gasteiger partial charge in [0.15, 0.2) is 6.61 Å². The van der Waals surface area contributed by atoms with Crippen molar-refractivity contribution in [3.63, 3.8) is 0 Å². The fourth-order valence-corrected chi connectivity index (χ4v) is 3.21. The van der Waals surface area contributed by atoms with Crippen molar-refractivity contribution >= 4 is 44.3 Å². The Bertz CT molecular complexity index is 851. The standard InChI is InChI=1S/C20H23BrN2O4/c1-4-15(20(25)26-5-2)13(3)22-23-18(24)12-27-17-11-10-14-8-6-7-9-16(14)19(17)21/h6-11,15H,4-5,12H2,1-3H3,(H,23,24). The van der Waals surface area contributed by atoms with E-state index < -0.39 is 11.8 Å². The Kier molecular flexibility index (Phi) is 7.79. The molecule has 0 aliphatic heterocycles. The summed E-state index contributed by atoms with van der Waals surface area (Å²) in [6, 6.07) is 11.6. The molecule has 144 valence electrons. The molecule has 0 spiro atoms. The van der Waals surface area contributed by atoms with E-state index in [9.17, 15) is 9.59 Å². The maximum absolute atomic E-state index is 12.0. The average Bonchev–Trinajstić information content (AvgIpc) is 2.67. The Morgan fingerprint density at radius 1 is 1.19 bits per heavy atom. The fraction of sp³-hybridized carbons (Fsp3) is 0.350. The number of hydrogen-bond acceptors (Lipinski definition) is 5. The Hall–Kier alpha value is -2.41. The van der Waals surface area contributed by atoms with Crippen LogP contribution in [0.15, 0.2) is 46.0 Å². The summed E-state index contributed by atoms with van der Waals surface area (Å²) in [5.74, 6) is -0.650. The van der Waals surface area contributed by atoms with Crippen molar-refractivity contribution in [2.45, 2.75) is 27.2 Å². The van der Waals surface area contributed by atoms with Gasteiger partial charge in [-0.2, -0.15) is 5.10 Å². The van der Waals surface area contributed by atoms with E-state index in [1.165, 1.54) is 0 Å². The largest absolute Gasteiger partial charge is 0.483 e. The lowest BCUT2D eigenvalue weighted by atomic mass is 10.0. The van der Waals surface area contributed by atoms with Crippen molar-refractivity contribution in [2.75, 3.05) is 13.2 Å². The van der Waals surface area contributed by atoms with E-state index in [1.807, 2.05) is 43.3 Å². The van der Waals surface area contributed by atoms with Gasteiger partial charge in [-0.15, -0.1) is 0 Å². The van der Waals surface area contributed by atoms with Gasteiger partial charge >= 0.3 is 5.97 Å². The molecule has 2 aromatic rings. The zero-order valence-electron chi connectivity index (χ0n) is 15.6. The molecule has 0 fully saturated rings. The summed E-state index contributed by atoms with van der Waals surface area (Å²) in [6.45, 7) is 5.42. The van der Waals surface area contributed by atoms with Crippen LogP contribution in [0.5, 0.6) is 5.75 Å². The molecule has 1 unspecified atom stereocenters. The molecule has 1 N–H and O–H groups in total. The molecule has 27 heavy (non-hydrogen) atoms. The van der Waals surface area contributed by atoms with Gasteiger partial charge in [0.2, 0.25) is 0 Å². The lowest BCUT2D eigenvalue weighted by Crippen LogP contribution is -2.29. The van der Waals surface area contributed by atoms with Crippen LogP contribution in [0.25, 0.3) is 10.8 Å². The second-order valence-corrected chi connectivity index (χ2v) is 6.68. The number of halogens is 1. The Labute approximate surface area is 167 Å². The zero-order chi connectivity index (χ0) is 19.8. The highest BCUT2D eigenvalue weighted by molar-refractivity contribution is 9.10. The molecule has 0 aromatic heterocycles. The van der Waals surface area contributed by atoms with Crippen LogP contribution in [-0.2, 0) is 14.3 Å². The molecule has 0 heterocycles. The van der Waals surface area contributed by atoms with Crippen molar-refractivity contribution in [2.24, 2.45) is 11.0 Å². The molecule has 1 amide bonds. The fourth-order valence-electron chi connectivity index (χ4n) is 2.60. The number of carbonyl (C=O) groups is 2. The molecule has 2 aromatic carbocycles. The third-order valence-electron chi connectivity index (χ3n) is 4.03. The SMILES string of the molecule is CCOC(=O)C(CC)C(C)=NNC(=O)COc1ccc2ccccc2c1Br. The Balaban J connectivity index is 1.96. The van der Waals surface area contributed by atoms with E-state index in [0.29, 0.717) is 24.5 Å². The van der Waals surface area contributed by atoms with Gasteiger partial charge in [0.25, 0.3) is 5.91 Å². The highest BCUT2D eigenvalue weighted by Crippen LogP contribution is 2.32. The first-order valence-electron chi connectivity index (χ1n) is 8.77. The van der Waals surface area contributed by atoms with Gasteiger partial charge in [-0.25, -0.2) is 5.43 Å². The van der Waals surface area contributed by atoms with Gasteiger partial charge in [-0.1, -0.05) is 37.3 Å². The van der Waals surface area contributed by atoms with Crippen molar-refractivity contribution in [3.05, 3.63) is 40.9 Å². The summed E-state index contributed by atoms with van der Waals surface area (Å²) in [4.78, 5) is 23.9. The monoisotopic (exact) mass is 434 g/mol. The van der Waals surface area contributed by atoms with Crippen molar-refractivity contribution in [1.29, 1.82) is 0 Å². The predicted octanol–water partition coefficient (Wildman–Crippen LogP) is 4.06. The first-order valence-corrected chi connectivity index (χ1v) is 9.56. The smallest absolute Gasteiger partial charge is 0.314 e. The molecule has 0 aliphatic rings. The van der Waals surface area contributed by atoms with Crippen LogP contribution in [0.2, 0.25) is 0 Å². The summed E-state index contributed by atoms with van der Waals surface area (Å²) >= 11 is 3.52. The first-order chi connectivity index (χ1) is 13.0. The third kappa shape index (κ3) is 5.53. The first kappa shape index (κ1) is 20.9. The minimum absolute atomic E-state index is 0.191. The number of nitrogens with zero attached hydrogens (tertiary/aromatic N) is 1. The molecule has 0 bridgehead atoms. The number of ether oxygens (including phenoxy) is 2. The molecular formula is C20H23BrN2O4. The van der Waals surface area contributed by atoms with Crippen LogP contribution in [-0.4, -0.2) is 30.8 Å². The van der Waals surface area contributed by atoms with Crippen LogP contribution >= 0.6 is 15.9 Å². The lowest BCUT2D eigenvalue weighted by molar-refractivity contribution is -0.145. The number of hydrogen-bond donors (Lipinski definition) is 1. The second kappa shape index (κ2) is 10.1. The van der Waals surface area contributed by atoms with Gasteiger partial charge in [-0.3, -0.25) is 9.59 Å². The highest BCUT2D eigenvalue weighted by Gasteiger charge is 2.21. The molecule has 0 saturated carbocycles. The molecule has 0 aliphatic carbocycles. The number of fused-ring (bicyclic) bond motifs is 1. The van der Waals surface area contributed by atoms with Gasteiger partial charge in [0, 0.05) is 5.71 Å². The van der Waals surface area contributed by atoms with E-state index in [4.69, 9.17) is 9.47 Å². The van der Waals surface area contributed by atoms with Crippen LogP contribution in [0.1, 0.15) is 27.2 Å². The van der Waals surface area contributed by atoms with E-state index in [0.717, 1.165) is 15.2 Å². The van der Waals surface area contributed by atoms with Gasteiger partial charge in [0.05, 0.1) is 17.0 Å². The second-order valence-electron chi connectivity index (χ2n) is 5.89. The van der Waals surface area contributed by atoms with E-state index in [-0.39, 0.29) is 12.6 Å². The maximum Gasteiger partial charge on any atom is 0.314 e. The third-order valence-corrected chi connectivity index (χ3v) is 4.85. The zero-order valence-corrected chi connectivity index (χ0v) is 17.2. The number of esters is 1. The van der Waals surface area contributed by atoms with Gasteiger partial charge < -0.3 is 9.47 Å². The lowest BCUT2D eigenvalue weighted by Gasteiger charge is -2.13. The Morgan fingerprint density at radius 3 is 2.63 bits per heavy atom. The van der Waals surface area contributed by atoms with E-state index >= 15 is 0 Å². The number of amides is 1. The predicted molar refractivity (Wildman–Crippen MR) is 109 cm³/mol. The molecule has 7 heteroatoms. The molecule has 6 nitrogen and oxygen atoms in total. The number of carbonyl (C=O) groups excluding carboxylic acids is 2. The van der Waals surface area contributed by atoms with Crippen molar-refractivity contribution in [3.8, 4) is 5.75 Å². The quantitative estimate of drug-likeness (QED) is 0.386. The summed E-state index contributed by atoms with van der Waals surface area (Å²) in [5.41, 5.74) is 2.92. The van der Waals surface area contributed by atoms with Crippen molar-refractivity contribution in [1.82, 2.24) is 5.43 Å². The van der Waals surface area contributed by atoms with E-state index in [1.54, 1.807) is 13.8 Å². The number of hydrazone groups is 1. The van der Waals surface area contributed by atoms with Gasteiger partial charge in [0.1, 0.15) is 5.75 Å². The number of benzene rings is 2. The highest BCUT2D eigenvalue weighted by atomic mass is 79.9. The summed E-state index contributed by atoms with van der Waals surface area (Å²) < 4.78 is 11.4. The van der Waals surface area contributed by atoms with Gasteiger partial charge in [-0.05, 0) is 53.0 Å². The van der Waals surface area contributed by atoms with Crippen LogP contribution in [0.4, 0.5) is 0 Å². The number of rotatable bonds is 8. The summed E-state index contributed by atoms with van der Waals surface area (Å²) in [6.07, 6.45) is 0.546. The Morgan fingerprint density at radius 2 is 1.93 bits per heavy atom. The summed E-state index contributed by atoms with van der Waals surface area (Å²) in [5, 5.41) is 6.09. The van der Waals surface area contributed by atoms with Crippen LogP contribution in [0, 0.1) is 5.92 Å². The molecule has 2 rings (SSSR count).